The molecule has 3 aliphatic carbocycles. The summed E-state index contributed by atoms with van der Waals surface area (Å²) in [5, 5.41) is 12.5. The predicted molar refractivity (Wildman–Crippen MR) is 70.4 cm³/mol. The summed E-state index contributed by atoms with van der Waals surface area (Å²) in [6, 6.07) is 0. The first-order valence-electron chi connectivity index (χ1n) is 7.29. The zero-order valence-corrected chi connectivity index (χ0v) is 11.3. The van der Waals surface area contributed by atoms with E-state index in [0.717, 1.165) is 32.1 Å². The molecule has 4 nitrogen and oxygen atoms in total. The van der Waals surface area contributed by atoms with Crippen LogP contribution in [0.2, 0.25) is 0 Å². The number of rotatable bonds is 4. The Kier molecular flexibility index (Phi) is 2.91. The number of hydrogen-bond acceptors (Lipinski definition) is 2. The van der Waals surface area contributed by atoms with Gasteiger partial charge in [-0.1, -0.05) is 19.1 Å². The molecule has 3 rings (SSSR count). The minimum absolute atomic E-state index is 0.0363. The van der Waals surface area contributed by atoms with Gasteiger partial charge in [-0.3, -0.25) is 9.59 Å². The Labute approximate surface area is 113 Å². The van der Waals surface area contributed by atoms with Gasteiger partial charge in [0.1, 0.15) is 0 Å². The molecule has 1 amide bonds. The second-order valence-corrected chi connectivity index (χ2v) is 6.31. The van der Waals surface area contributed by atoms with Gasteiger partial charge in [-0.05, 0) is 43.9 Å². The first-order chi connectivity index (χ1) is 9.06. The van der Waals surface area contributed by atoms with Crippen LogP contribution in [0.5, 0.6) is 0 Å². The number of carboxylic acids is 1. The van der Waals surface area contributed by atoms with Crippen molar-refractivity contribution < 1.29 is 14.7 Å². The summed E-state index contributed by atoms with van der Waals surface area (Å²) in [5.74, 6) is -1.57. The van der Waals surface area contributed by atoms with E-state index in [1.54, 1.807) is 0 Å². The number of carbonyl (C=O) groups excluding carboxylic acids is 1. The van der Waals surface area contributed by atoms with Crippen LogP contribution in [0.25, 0.3) is 0 Å². The first-order valence-corrected chi connectivity index (χ1v) is 7.29. The third-order valence-electron chi connectivity index (χ3n) is 5.42. The lowest BCUT2D eigenvalue weighted by Crippen LogP contribution is -2.56. The highest BCUT2D eigenvalue weighted by Crippen LogP contribution is 2.48. The molecule has 0 saturated heterocycles. The van der Waals surface area contributed by atoms with E-state index >= 15 is 0 Å². The van der Waals surface area contributed by atoms with Crippen LogP contribution in [0.15, 0.2) is 12.2 Å². The fraction of sp³-hybridized carbons (Fsp3) is 0.733. The molecule has 0 aliphatic heterocycles. The summed E-state index contributed by atoms with van der Waals surface area (Å²) in [7, 11) is 0. The second-order valence-electron chi connectivity index (χ2n) is 6.31. The topological polar surface area (TPSA) is 66.4 Å². The van der Waals surface area contributed by atoms with E-state index in [2.05, 4.69) is 12.2 Å². The highest BCUT2D eigenvalue weighted by atomic mass is 16.4. The van der Waals surface area contributed by atoms with E-state index < -0.39 is 11.9 Å². The van der Waals surface area contributed by atoms with Crippen LogP contribution < -0.4 is 5.32 Å². The number of carbonyl (C=O) groups is 2. The van der Waals surface area contributed by atoms with Gasteiger partial charge in [-0.2, -0.15) is 0 Å². The Morgan fingerprint density at radius 3 is 2.37 bits per heavy atom. The smallest absolute Gasteiger partial charge is 0.307 e. The monoisotopic (exact) mass is 263 g/mol. The maximum absolute atomic E-state index is 12.5. The Bertz CT molecular complexity index is 433. The minimum atomic E-state index is -0.823. The summed E-state index contributed by atoms with van der Waals surface area (Å²) < 4.78 is 0. The van der Waals surface area contributed by atoms with Crippen molar-refractivity contribution in [3.8, 4) is 0 Å². The van der Waals surface area contributed by atoms with Crippen molar-refractivity contribution in [1.29, 1.82) is 0 Å². The van der Waals surface area contributed by atoms with Crippen LogP contribution in [0.1, 0.15) is 39.0 Å². The molecule has 19 heavy (non-hydrogen) atoms. The van der Waals surface area contributed by atoms with Crippen LogP contribution >= 0.6 is 0 Å². The number of allylic oxidation sites excluding steroid dienone is 2. The maximum atomic E-state index is 12.5. The van der Waals surface area contributed by atoms with E-state index in [9.17, 15) is 14.7 Å². The average molecular weight is 263 g/mol. The minimum Gasteiger partial charge on any atom is -0.481 e. The molecule has 0 aromatic rings. The molecule has 2 saturated carbocycles. The van der Waals surface area contributed by atoms with Gasteiger partial charge >= 0.3 is 5.97 Å². The molecule has 2 N–H and O–H groups in total. The molecule has 0 aromatic carbocycles. The van der Waals surface area contributed by atoms with Crippen molar-refractivity contribution >= 4 is 11.9 Å². The van der Waals surface area contributed by atoms with E-state index in [1.807, 2.05) is 12.2 Å². The zero-order valence-electron chi connectivity index (χ0n) is 11.3. The number of nitrogens with one attached hydrogen (secondary N) is 1. The fourth-order valence-corrected chi connectivity index (χ4v) is 4.03. The van der Waals surface area contributed by atoms with Crippen molar-refractivity contribution in [2.45, 2.75) is 44.6 Å². The lowest BCUT2D eigenvalue weighted by Gasteiger charge is -2.43. The Hall–Kier alpha value is -1.32. The SMILES string of the molecule is CCC1(NC(=O)C2C3C=CC(C3)C2C(=O)O)CCC1. The number of fused-ring (bicyclic) bond motifs is 2. The molecule has 2 bridgehead atoms. The average Bonchev–Trinajstić information content (AvgIpc) is 2.93. The van der Waals surface area contributed by atoms with Crippen LogP contribution in [-0.2, 0) is 9.59 Å². The molecule has 4 heteroatoms. The van der Waals surface area contributed by atoms with Gasteiger partial charge in [0.25, 0.3) is 0 Å². The quantitative estimate of drug-likeness (QED) is 0.762. The summed E-state index contributed by atoms with van der Waals surface area (Å²) in [4.78, 5) is 23.9. The predicted octanol–water partition coefficient (Wildman–Crippen LogP) is 1.96. The van der Waals surface area contributed by atoms with Gasteiger partial charge in [-0.25, -0.2) is 0 Å². The normalized spacial score (nSPS) is 37.9. The molecule has 4 atom stereocenters. The second kappa shape index (κ2) is 4.36. The van der Waals surface area contributed by atoms with Gasteiger partial charge in [-0.15, -0.1) is 0 Å². The molecule has 4 unspecified atom stereocenters. The molecule has 0 spiro atoms. The van der Waals surface area contributed by atoms with E-state index in [0.29, 0.717) is 0 Å². The van der Waals surface area contributed by atoms with Crippen molar-refractivity contribution in [3.05, 3.63) is 12.2 Å². The third kappa shape index (κ3) is 1.88. The van der Waals surface area contributed by atoms with Crippen molar-refractivity contribution in [1.82, 2.24) is 5.32 Å². The maximum Gasteiger partial charge on any atom is 0.307 e. The first kappa shape index (κ1) is 12.7. The molecule has 0 aromatic heterocycles. The molecule has 2 fully saturated rings. The van der Waals surface area contributed by atoms with Gasteiger partial charge < -0.3 is 10.4 Å². The highest BCUT2D eigenvalue weighted by Gasteiger charge is 2.52. The number of hydrogen-bond donors (Lipinski definition) is 2. The molecule has 0 heterocycles. The molecular formula is C15H21NO3. The van der Waals surface area contributed by atoms with Crippen LogP contribution in [0, 0.1) is 23.7 Å². The largest absolute Gasteiger partial charge is 0.481 e. The van der Waals surface area contributed by atoms with Crippen LogP contribution in [0.3, 0.4) is 0 Å². The summed E-state index contributed by atoms with van der Waals surface area (Å²) in [5.41, 5.74) is -0.0499. The van der Waals surface area contributed by atoms with Crippen LogP contribution in [-0.4, -0.2) is 22.5 Å². The standard InChI is InChI=1S/C15H21NO3/c1-2-15(6-3-7-15)16-13(17)11-9-4-5-10(8-9)12(11)14(18)19/h4-5,9-12H,2-3,6-8H2,1H3,(H,16,17)(H,18,19). The third-order valence-corrected chi connectivity index (χ3v) is 5.42. The molecule has 104 valence electrons. The Morgan fingerprint density at radius 1 is 1.26 bits per heavy atom. The summed E-state index contributed by atoms with van der Waals surface area (Å²) in [6.45, 7) is 2.09. The van der Waals surface area contributed by atoms with Crippen molar-refractivity contribution in [2.75, 3.05) is 0 Å². The Balaban J connectivity index is 1.75. The van der Waals surface area contributed by atoms with E-state index in [1.165, 1.54) is 0 Å². The number of carboxylic acid groups (broad SMARTS) is 1. The van der Waals surface area contributed by atoms with E-state index in [-0.39, 0.29) is 29.2 Å². The number of aliphatic carboxylic acids is 1. The molecule has 3 aliphatic rings. The van der Waals surface area contributed by atoms with E-state index in [4.69, 9.17) is 0 Å². The Morgan fingerprint density at radius 2 is 1.89 bits per heavy atom. The van der Waals surface area contributed by atoms with Crippen LogP contribution in [0.4, 0.5) is 0 Å². The van der Waals surface area contributed by atoms with Crippen molar-refractivity contribution in [2.24, 2.45) is 23.7 Å². The van der Waals surface area contributed by atoms with Gasteiger partial charge in [0.05, 0.1) is 11.8 Å². The zero-order chi connectivity index (χ0) is 13.6. The fourth-order valence-electron chi connectivity index (χ4n) is 4.03. The van der Waals surface area contributed by atoms with Crippen molar-refractivity contribution in [3.63, 3.8) is 0 Å². The van der Waals surface area contributed by atoms with Gasteiger partial charge in [0.2, 0.25) is 5.91 Å². The lowest BCUT2D eigenvalue weighted by molar-refractivity contribution is -0.148. The highest BCUT2D eigenvalue weighted by molar-refractivity contribution is 5.87. The molecule has 0 radical (unpaired) electrons. The van der Waals surface area contributed by atoms with Gasteiger partial charge in [0.15, 0.2) is 0 Å². The summed E-state index contributed by atoms with van der Waals surface area (Å²) >= 11 is 0. The molecular weight excluding hydrogens is 242 g/mol. The summed E-state index contributed by atoms with van der Waals surface area (Å²) in [6.07, 6.45) is 9.00. The number of amides is 1. The van der Waals surface area contributed by atoms with Gasteiger partial charge in [0, 0.05) is 5.54 Å². The lowest BCUT2D eigenvalue weighted by atomic mass is 9.73.